The van der Waals surface area contributed by atoms with E-state index in [1.165, 1.54) is 8.66 Å². The van der Waals surface area contributed by atoms with E-state index in [1.807, 2.05) is 0 Å². The largest absolute Gasteiger partial charge is 0.318 e. The molecule has 0 aliphatic carbocycles. The molecule has 0 atom stereocenters. The molecule has 4 heteroatoms. The van der Waals surface area contributed by atoms with E-state index < -0.39 is 0 Å². The van der Waals surface area contributed by atoms with Crippen LogP contribution in [0.4, 0.5) is 0 Å². The molecule has 3 N–H and O–H groups in total. The van der Waals surface area contributed by atoms with E-state index in [4.69, 9.17) is 5.73 Å². The molecule has 0 aliphatic heterocycles. The summed E-state index contributed by atoms with van der Waals surface area (Å²) in [5.41, 5.74) is 5.28. The van der Waals surface area contributed by atoms with Crippen LogP contribution in [-0.2, 0) is 6.42 Å². The summed E-state index contributed by atoms with van der Waals surface area (Å²) < 4.78 is 1.19. The first-order chi connectivity index (χ1) is 5.33. The van der Waals surface area contributed by atoms with Gasteiger partial charge in [0.2, 0.25) is 0 Å². The predicted molar refractivity (Wildman–Crippen MR) is 52.8 cm³/mol. The molecule has 62 valence electrons. The summed E-state index contributed by atoms with van der Waals surface area (Å²) >= 11 is 5.19. The molecule has 0 saturated heterocycles. The van der Waals surface area contributed by atoms with Crippen molar-refractivity contribution in [2.45, 2.75) is 6.42 Å². The molecule has 0 bridgehead atoms. The highest BCUT2D eigenvalue weighted by Gasteiger charge is 1.95. The fraction of sp³-hybridized carbons (Fsp3) is 0.429. The van der Waals surface area contributed by atoms with Gasteiger partial charge in [-0.1, -0.05) is 0 Å². The van der Waals surface area contributed by atoms with E-state index in [1.54, 1.807) is 11.3 Å². The van der Waals surface area contributed by atoms with Crippen LogP contribution >= 0.6 is 27.3 Å². The van der Waals surface area contributed by atoms with Crippen molar-refractivity contribution in [2.24, 2.45) is 5.73 Å². The van der Waals surface area contributed by atoms with E-state index in [0.717, 1.165) is 13.0 Å². The third-order valence-electron chi connectivity index (χ3n) is 1.32. The van der Waals surface area contributed by atoms with Crippen LogP contribution in [0.25, 0.3) is 0 Å². The highest BCUT2D eigenvalue weighted by atomic mass is 79.9. The van der Waals surface area contributed by atoms with Gasteiger partial charge in [-0.3, -0.25) is 0 Å². The van der Waals surface area contributed by atoms with Crippen molar-refractivity contribution in [2.75, 3.05) is 13.2 Å². The molecule has 1 rings (SSSR count). The topological polar surface area (TPSA) is 38.0 Å². The first-order valence-electron chi connectivity index (χ1n) is 3.48. The molecule has 0 aliphatic rings. The minimum atomic E-state index is 0.562. The molecule has 0 amide bonds. The highest BCUT2D eigenvalue weighted by molar-refractivity contribution is 9.11. The van der Waals surface area contributed by atoms with Gasteiger partial charge in [-0.15, -0.1) is 11.3 Å². The van der Waals surface area contributed by atoms with E-state index in [9.17, 15) is 0 Å². The smallest absolute Gasteiger partial charge is 0.0701 e. The van der Waals surface area contributed by atoms with Crippen molar-refractivity contribution in [3.05, 3.63) is 20.8 Å². The van der Waals surface area contributed by atoms with Crippen molar-refractivity contribution in [3.63, 3.8) is 0 Å². The standard InChI is InChI=1S/C7H11BrN2S/c8-7-2-1-6(11-7)3-4-10-5-9/h1-2,10H,3-5,9H2. The molecule has 1 aromatic rings. The van der Waals surface area contributed by atoms with Gasteiger partial charge in [0.05, 0.1) is 3.79 Å². The van der Waals surface area contributed by atoms with Crippen LogP contribution in [0.3, 0.4) is 0 Å². The summed E-state index contributed by atoms with van der Waals surface area (Å²) in [7, 11) is 0. The lowest BCUT2D eigenvalue weighted by Crippen LogP contribution is -2.24. The summed E-state index contributed by atoms with van der Waals surface area (Å²) in [6.45, 7) is 1.52. The summed E-state index contributed by atoms with van der Waals surface area (Å²) in [6.07, 6.45) is 1.06. The Bertz CT molecular complexity index is 212. The molecule has 0 saturated carbocycles. The van der Waals surface area contributed by atoms with Crippen molar-refractivity contribution < 1.29 is 0 Å². The average Bonchev–Trinajstić information content (AvgIpc) is 2.37. The molecular weight excluding hydrogens is 224 g/mol. The molecule has 0 unspecified atom stereocenters. The molecule has 0 fully saturated rings. The monoisotopic (exact) mass is 234 g/mol. The Morgan fingerprint density at radius 2 is 2.36 bits per heavy atom. The second kappa shape index (κ2) is 4.87. The van der Waals surface area contributed by atoms with Gasteiger partial charge in [0.15, 0.2) is 0 Å². The molecule has 0 radical (unpaired) electrons. The summed E-state index contributed by atoms with van der Waals surface area (Å²) in [6, 6.07) is 4.20. The highest BCUT2D eigenvalue weighted by Crippen LogP contribution is 2.21. The summed E-state index contributed by atoms with van der Waals surface area (Å²) in [5.74, 6) is 0. The number of thiophene rings is 1. The van der Waals surface area contributed by atoms with Crippen LogP contribution < -0.4 is 11.1 Å². The Labute approximate surface area is 78.9 Å². The lowest BCUT2D eigenvalue weighted by molar-refractivity contribution is 0.705. The first kappa shape index (κ1) is 9.19. The van der Waals surface area contributed by atoms with Gasteiger partial charge in [-0.25, -0.2) is 0 Å². The van der Waals surface area contributed by atoms with Gasteiger partial charge < -0.3 is 11.1 Å². The number of hydrogen-bond acceptors (Lipinski definition) is 3. The van der Waals surface area contributed by atoms with Crippen LogP contribution in [-0.4, -0.2) is 13.2 Å². The number of hydrogen-bond donors (Lipinski definition) is 2. The Balaban J connectivity index is 2.27. The van der Waals surface area contributed by atoms with Crippen molar-refractivity contribution in [3.8, 4) is 0 Å². The lowest BCUT2D eigenvalue weighted by atomic mass is 10.3. The quantitative estimate of drug-likeness (QED) is 0.614. The SMILES string of the molecule is NCNCCc1ccc(Br)s1. The van der Waals surface area contributed by atoms with E-state index >= 15 is 0 Å². The predicted octanol–water partition coefficient (Wildman–Crippen LogP) is 1.56. The normalized spacial score (nSPS) is 10.4. The zero-order valence-corrected chi connectivity index (χ0v) is 8.54. The van der Waals surface area contributed by atoms with Gasteiger partial charge in [0.1, 0.15) is 0 Å². The number of halogens is 1. The van der Waals surface area contributed by atoms with Crippen LogP contribution in [0.15, 0.2) is 15.9 Å². The maximum absolute atomic E-state index is 5.28. The van der Waals surface area contributed by atoms with E-state index in [-0.39, 0.29) is 0 Å². The summed E-state index contributed by atoms with van der Waals surface area (Å²) in [5, 5.41) is 3.08. The fourth-order valence-corrected chi connectivity index (χ4v) is 2.28. The molecule has 1 aromatic heterocycles. The molecule has 0 spiro atoms. The van der Waals surface area contributed by atoms with Crippen LogP contribution in [0.1, 0.15) is 4.88 Å². The fourth-order valence-electron chi connectivity index (χ4n) is 0.800. The Morgan fingerprint density at radius 1 is 1.55 bits per heavy atom. The zero-order chi connectivity index (χ0) is 8.10. The van der Waals surface area contributed by atoms with Crippen LogP contribution in [0.2, 0.25) is 0 Å². The van der Waals surface area contributed by atoms with Gasteiger partial charge in [-0.2, -0.15) is 0 Å². The number of nitrogens with one attached hydrogen (secondary N) is 1. The maximum atomic E-state index is 5.28. The Kier molecular flexibility index (Phi) is 4.07. The van der Waals surface area contributed by atoms with Crippen molar-refractivity contribution >= 4 is 27.3 Å². The third kappa shape index (κ3) is 3.33. The van der Waals surface area contributed by atoms with E-state index in [2.05, 4.69) is 33.4 Å². The van der Waals surface area contributed by atoms with Crippen LogP contribution in [0.5, 0.6) is 0 Å². The second-order valence-electron chi connectivity index (χ2n) is 2.16. The number of rotatable bonds is 4. The van der Waals surface area contributed by atoms with Crippen molar-refractivity contribution in [1.82, 2.24) is 5.32 Å². The maximum Gasteiger partial charge on any atom is 0.0701 e. The average molecular weight is 235 g/mol. The minimum Gasteiger partial charge on any atom is -0.318 e. The summed E-state index contributed by atoms with van der Waals surface area (Å²) in [4.78, 5) is 1.39. The van der Waals surface area contributed by atoms with Gasteiger partial charge in [0.25, 0.3) is 0 Å². The molecular formula is C7H11BrN2S. The molecule has 11 heavy (non-hydrogen) atoms. The Morgan fingerprint density at radius 3 is 2.91 bits per heavy atom. The van der Waals surface area contributed by atoms with Crippen LogP contribution in [0, 0.1) is 0 Å². The van der Waals surface area contributed by atoms with Crippen molar-refractivity contribution in [1.29, 1.82) is 0 Å². The van der Waals surface area contributed by atoms with Gasteiger partial charge in [-0.05, 0) is 34.5 Å². The zero-order valence-electron chi connectivity index (χ0n) is 6.14. The molecule has 1 heterocycles. The van der Waals surface area contributed by atoms with E-state index in [0.29, 0.717) is 6.67 Å². The lowest BCUT2D eigenvalue weighted by Gasteiger charge is -1.97. The van der Waals surface area contributed by atoms with Gasteiger partial charge in [0, 0.05) is 18.1 Å². The second-order valence-corrected chi connectivity index (χ2v) is 4.71. The van der Waals surface area contributed by atoms with Gasteiger partial charge >= 0.3 is 0 Å². The first-order valence-corrected chi connectivity index (χ1v) is 5.09. The molecule has 0 aromatic carbocycles. The minimum absolute atomic E-state index is 0.562. The Hall–Kier alpha value is 0.1000. The number of nitrogens with two attached hydrogens (primary N) is 1. The third-order valence-corrected chi connectivity index (χ3v) is 3.00. The molecule has 2 nitrogen and oxygen atoms in total.